The smallest absolute Gasteiger partial charge is 0.243 e. The molecule has 0 bridgehead atoms. The van der Waals surface area contributed by atoms with Crippen molar-refractivity contribution in [3.05, 3.63) is 65.5 Å². The zero-order valence-corrected chi connectivity index (χ0v) is 18.5. The van der Waals surface area contributed by atoms with Gasteiger partial charge in [0.2, 0.25) is 15.9 Å². The van der Waals surface area contributed by atoms with Crippen LogP contribution in [0.1, 0.15) is 30.0 Å². The monoisotopic (exact) mass is 445 g/mol. The van der Waals surface area contributed by atoms with Gasteiger partial charge in [0.1, 0.15) is 5.82 Å². The van der Waals surface area contributed by atoms with Gasteiger partial charge in [0, 0.05) is 32.2 Å². The number of carbonyl (C=O) groups is 1. The number of aryl methyl sites for hydroxylation is 1. The molecule has 2 aliphatic rings. The van der Waals surface area contributed by atoms with Crippen LogP contribution in [0.2, 0.25) is 0 Å². The summed E-state index contributed by atoms with van der Waals surface area (Å²) in [5.41, 5.74) is 2.66. The van der Waals surface area contributed by atoms with Crippen LogP contribution < -0.4 is 0 Å². The van der Waals surface area contributed by atoms with E-state index in [2.05, 4.69) is 23.1 Å². The van der Waals surface area contributed by atoms with Crippen molar-refractivity contribution in [3.63, 3.8) is 0 Å². The van der Waals surface area contributed by atoms with Crippen LogP contribution in [-0.4, -0.2) is 68.2 Å². The Bertz CT molecular complexity index is 1050. The van der Waals surface area contributed by atoms with Gasteiger partial charge in [-0.05, 0) is 55.6 Å². The highest BCUT2D eigenvalue weighted by Gasteiger charge is 2.31. The normalized spacial score (nSPS) is 20.0. The van der Waals surface area contributed by atoms with E-state index >= 15 is 0 Å². The molecule has 1 fully saturated rings. The minimum Gasteiger partial charge on any atom is -0.339 e. The predicted octanol–water partition coefficient (Wildman–Crippen LogP) is 2.67. The number of piperazine rings is 1. The Morgan fingerprint density at radius 1 is 1.10 bits per heavy atom. The molecule has 1 heterocycles. The van der Waals surface area contributed by atoms with Gasteiger partial charge in [-0.15, -0.1) is 0 Å². The maximum absolute atomic E-state index is 13.5. The molecule has 8 heteroatoms. The summed E-state index contributed by atoms with van der Waals surface area (Å²) in [7, 11) is -1.78. The zero-order valence-electron chi connectivity index (χ0n) is 17.7. The summed E-state index contributed by atoms with van der Waals surface area (Å²) in [6.45, 7) is 1.39. The van der Waals surface area contributed by atoms with Crippen molar-refractivity contribution in [2.45, 2.75) is 30.2 Å². The van der Waals surface area contributed by atoms with E-state index in [1.54, 1.807) is 4.90 Å². The van der Waals surface area contributed by atoms with Gasteiger partial charge in [-0.25, -0.2) is 12.8 Å². The van der Waals surface area contributed by atoms with Crippen LogP contribution in [0.25, 0.3) is 0 Å². The highest BCUT2D eigenvalue weighted by molar-refractivity contribution is 7.89. The summed E-state index contributed by atoms with van der Waals surface area (Å²) in [5.74, 6) is -0.574. The van der Waals surface area contributed by atoms with Gasteiger partial charge in [0.05, 0.1) is 11.4 Å². The maximum atomic E-state index is 13.5. The van der Waals surface area contributed by atoms with E-state index in [9.17, 15) is 17.6 Å². The number of likely N-dealkylation sites (N-methyl/N-ethyl adjacent to an activating group) is 1. The molecule has 0 radical (unpaired) electrons. The quantitative estimate of drug-likeness (QED) is 0.710. The molecule has 1 aliphatic carbocycles. The third kappa shape index (κ3) is 4.66. The molecule has 0 spiro atoms. The number of rotatable bonds is 5. The standard InChI is InChI=1S/C23H28FN3O3S/c1-25(22-11-4-7-18-6-2-3-10-21(18)22)17-23(28)26-12-14-27(15-13-26)31(29,30)20-9-5-8-19(24)16-20/h2-3,5-6,8-10,16,22H,4,7,11-15,17H2,1H3. The highest BCUT2D eigenvalue weighted by Crippen LogP contribution is 2.33. The molecule has 4 rings (SSSR count). The van der Waals surface area contributed by atoms with E-state index in [0.717, 1.165) is 25.3 Å². The zero-order chi connectivity index (χ0) is 22.0. The summed E-state index contributed by atoms with van der Waals surface area (Å²) >= 11 is 0. The number of amides is 1. The van der Waals surface area contributed by atoms with Crippen molar-refractivity contribution < 1.29 is 17.6 Å². The Balaban J connectivity index is 1.36. The molecule has 0 saturated carbocycles. The molecule has 1 amide bonds. The Kier molecular flexibility index (Phi) is 6.41. The van der Waals surface area contributed by atoms with Crippen LogP contribution in [0.5, 0.6) is 0 Å². The molecule has 1 aliphatic heterocycles. The van der Waals surface area contributed by atoms with Crippen molar-refractivity contribution in [3.8, 4) is 0 Å². The van der Waals surface area contributed by atoms with Crippen LogP contribution in [-0.2, 0) is 21.2 Å². The lowest BCUT2D eigenvalue weighted by Crippen LogP contribution is -2.52. The van der Waals surface area contributed by atoms with Crippen molar-refractivity contribution in [2.24, 2.45) is 0 Å². The van der Waals surface area contributed by atoms with Crippen LogP contribution >= 0.6 is 0 Å². The van der Waals surface area contributed by atoms with Crippen LogP contribution in [0.3, 0.4) is 0 Å². The minimum atomic E-state index is -3.76. The van der Waals surface area contributed by atoms with Crippen LogP contribution in [0.4, 0.5) is 4.39 Å². The van der Waals surface area contributed by atoms with E-state index in [-0.39, 0.29) is 29.9 Å². The topological polar surface area (TPSA) is 60.9 Å². The Labute approximate surface area is 183 Å². The summed E-state index contributed by atoms with van der Waals surface area (Å²) < 4.78 is 40.3. The number of hydrogen-bond donors (Lipinski definition) is 0. The SMILES string of the molecule is CN(CC(=O)N1CCN(S(=O)(=O)c2cccc(F)c2)CC1)C1CCCc2ccccc21. The lowest BCUT2D eigenvalue weighted by molar-refractivity contribution is -0.133. The highest BCUT2D eigenvalue weighted by atomic mass is 32.2. The average Bonchev–Trinajstić information content (AvgIpc) is 2.78. The molecule has 31 heavy (non-hydrogen) atoms. The van der Waals surface area contributed by atoms with Crippen molar-refractivity contribution >= 4 is 15.9 Å². The first-order valence-electron chi connectivity index (χ1n) is 10.7. The molecular weight excluding hydrogens is 417 g/mol. The van der Waals surface area contributed by atoms with Gasteiger partial charge in [-0.2, -0.15) is 4.31 Å². The van der Waals surface area contributed by atoms with Gasteiger partial charge in [0.25, 0.3) is 0 Å². The summed E-state index contributed by atoms with van der Waals surface area (Å²) in [6.07, 6.45) is 3.22. The Morgan fingerprint density at radius 3 is 2.58 bits per heavy atom. The molecule has 166 valence electrons. The summed E-state index contributed by atoms with van der Waals surface area (Å²) in [5, 5.41) is 0. The predicted molar refractivity (Wildman–Crippen MR) is 116 cm³/mol. The molecule has 6 nitrogen and oxygen atoms in total. The van der Waals surface area contributed by atoms with Crippen LogP contribution in [0, 0.1) is 5.82 Å². The summed E-state index contributed by atoms with van der Waals surface area (Å²) in [4.78, 5) is 16.7. The molecule has 1 unspecified atom stereocenters. The molecule has 1 atom stereocenters. The molecule has 2 aromatic carbocycles. The first kappa shape index (κ1) is 21.9. The first-order valence-corrected chi connectivity index (χ1v) is 12.1. The lowest BCUT2D eigenvalue weighted by atomic mass is 9.87. The molecular formula is C23H28FN3O3S. The van der Waals surface area contributed by atoms with Crippen molar-refractivity contribution in [1.82, 2.24) is 14.1 Å². The average molecular weight is 446 g/mol. The molecule has 2 aromatic rings. The first-order chi connectivity index (χ1) is 14.9. The van der Waals surface area contributed by atoms with Gasteiger partial charge in [-0.1, -0.05) is 30.3 Å². The van der Waals surface area contributed by atoms with E-state index in [0.29, 0.717) is 19.6 Å². The number of halogens is 1. The van der Waals surface area contributed by atoms with Gasteiger partial charge < -0.3 is 4.90 Å². The number of nitrogens with zero attached hydrogens (tertiary/aromatic N) is 3. The summed E-state index contributed by atoms with van der Waals surface area (Å²) in [6, 6.07) is 13.7. The number of fused-ring (bicyclic) bond motifs is 1. The van der Waals surface area contributed by atoms with Crippen molar-refractivity contribution in [1.29, 1.82) is 0 Å². The second-order valence-electron chi connectivity index (χ2n) is 8.26. The number of hydrogen-bond acceptors (Lipinski definition) is 4. The van der Waals surface area contributed by atoms with E-state index < -0.39 is 15.8 Å². The number of benzene rings is 2. The third-order valence-corrected chi connectivity index (χ3v) is 8.17. The van der Waals surface area contributed by atoms with E-state index in [1.807, 2.05) is 13.1 Å². The van der Waals surface area contributed by atoms with E-state index in [4.69, 9.17) is 0 Å². The van der Waals surface area contributed by atoms with Gasteiger partial charge >= 0.3 is 0 Å². The fourth-order valence-electron chi connectivity index (χ4n) is 4.56. The Hall–Kier alpha value is -2.29. The molecule has 1 saturated heterocycles. The largest absolute Gasteiger partial charge is 0.339 e. The van der Waals surface area contributed by atoms with Gasteiger partial charge in [-0.3, -0.25) is 9.69 Å². The number of carbonyl (C=O) groups excluding carboxylic acids is 1. The maximum Gasteiger partial charge on any atom is 0.243 e. The third-order valence-electron chi connectivity index (χ3n) is 6.28. The van der Waals surface area contributed by atoms with Gasteiger partial charge in [0.15, 0.2) is 0 Å². The second kappa shape index (κ2) is 9.06. The number of sulfonamides is 1. The fraction of sp³-hybridized carbons (Fsp3) is 0.435. The van der Waals surface area contributed by atoms with Crippen LogP contribution in [0.15, 0.2) is 53.4 Å². The molecule has 0 aromatic heterocycles. The second-order valence-corrected chi connectivity index (χ2v) is 10.2. The van der Waals surface area contributed by atoms with Crippen molar-refractivity contribution in [2.75, 3.05) is 39.8 Å². The van der Waals surface area contributed by atoms with E-state index in [1.165, 1.54) is 33.6 Å². The Morgan fingerprint density at radius 2 is 1.84 bits per heavy atom. The fourth-order valence-corrected chi connectivity index (χ4v) is 6.02. The molecule has 0 N–H and O–H groups in total. The minimum absolute atomic E-state index is 0.00774. The lowest BCUT2D eigenvalue weighted by Gasteiger charge is -2.37.